The lowest BCUT2D eigenvalue weighted by molar-refractivity contribution is -0.117. The second-order valence-electron chi connectivity index (χ2n) is 6.49. The van der Waals surface area contributed by atoms with Gasteiger partial charge in [-0.15, -0.1) is 0 Å². The first-order valence-electron chi connectivity index (χ1n) is 8.43. The van der Waals surface area contributed by atoms with Gasteiger partial charge in [-0.1, -0.05) is 36.4 Å². The predicted molar refractivity (Wildman–Crippen MR) is 98.2 cm³/mol. The second-order valence-corrected chi connectivity index (χ2v) is 6.49. The maximum absolute atomic E-state index is 12.0. The van der Waals surface area contributed by atoms with Gasteiger partial charge in [-0.05, 0) is 41.8 Å². The lowest BCUT2D eigenvalue weighted by Gasteiger charge is -2.04. The standard InChI is InChI=1S/C20H16N4O/c25-20(13-6-7-13)22-17-10-9-16-19(21-17)18(24-23-16)15-8-5-12-3-1-2-4-14(12)11-15/h1-5,8-11,13H,6-7H2,(H,23,24)(H,21,22,25). The fourth-order valence-corrected chi connectivity index (χ4v) is 3.08. The zero-order valence-corrected chi connectivity index (χ0v) is 13.5. The summed E-state index contributed by atoms with van der Waals surface area (Å²) in [6.07, 6.45) is 1.95. The van der Waals surface area contributed by atoms with Crippen LogP contribution in [0.3, 0.4) is 0 Å². The van der Waals surface area contributed by atoms with Crippen molar-refractivity contribution in [2.45, 2.75) is 12.8 Å². The molecule has 5 nitrogen and oxygen atoms in total. The molecule has 2 N–H and O–H groups in total. The van der Waals surface area contributed by atoms with Crippen LogP contribution in [0, 0.1) is 5.92 Å². The van der Waals surface area contributed by atoms with Crippen molar-refractivity contribution < 1.29 is 4.79 Å². The number of hydrogen-bond acceptors (Lipinski definition) is 3. The summed E-state index contributed by atoms with van der Waals surface area (Å²) >= 11 is 0. The third-order valence-corrected chi connectivity index (χ3v) is 4.63. The summed E-state index contributed by atoms with van der Waals surface area (Å²) in [6.45, 7) is 0. The Bertz CT molecular complexity index is 1110. The maximum atomic E-state index is 12.0. The van der Waals surface area contributed by atoms with Crippen molar-refractivity contribution in [3.05, 3.63) is 54.6 Å². The molecule has 0 spiro atoms. The Kier molecular flexibility index (Phi) is 3.06. The maximum Gasteiger partial charge on any atom is 0.228 e. The molecule has 0 radical (unpaired) electrons. The molecule has 0 saturated heterocycles. The van der Waals surface area contributed by atoms with Crippen LogP contribution in [0.1, 0.15) is 12.8 Å². The Morgan fingerprint density at radius 2 is 1.88 bits per heavy atom. The van der Waals surface area contributed by atoms with Gasteiger partial charge in [-0.25, -0.2) is 4.98 Å². The highest BCUT2D eigenvalue weighted by atomic mass is 16.2. The molecule has 0 atom stereocenters. The minimum absolute atomic E-state index is 0.0580. The van der Waals surface area contributed by atoms with Gasteiger partial charge < -0.3 is 5.32 Å². The first kappa shape index (κ1) is 14.2. The number of aromatic nitrogens is 3. The zero-order valence-electron chi connectivity index (χ0n) is 13.5. The molecule has 2 heterocycles. The van der Waals surface area contributed by atoms with E-state index in [1.165, 1.54) is 5.39 Å². The fraction of sp³-hybridized carbons (Fsp3) is 0.150. The number of rotatable bonds is 3. The van der Waals surface area contributed by atoms with Crippen LogP contribution in [0.15, 0.2) is 54.6 Å². The quantitative estimate of drug-likeness (QED) is 0.594. The third kappa shape index (κ3) is 2.54. The van der Waals surface area contributed by atoms with Gasteiger partial charge in [-0.2, -0.15) is 5.10 Å². The molecule has 1 aliphatic carbocycles. The highest BCUT2D eigenvalue weighted by Gasteiger charge is 2.29. The zero-order chi connectivity index (χ0) is 16.8. The van der Waals surface area contributed by atoms with E-state index in [2.05, 4.69) is 50.8 Å². The number of nitrogens with zero attached hydrogens (tertiary/aromatic N) is 2. The molecule has 25 heavy (non-hydrogen) atoms. The fourth-order valence-electron chi connectivity index (χ4n) is 3.08. The molecular weight excluding hydrogens is 312 g/mol. The van der Waals surface area contributed by atoms with Crippen LogP contribution < -0.4 is 5.32 Å². The number of carbonyl (C=O) groups excluding carboxylic acids is 1. The summed E-state index contributed by atoms with van der Waals surface area (Å²) in [5.41, 5.74) is 3.42. The molecule has 5 heteroatoms. The summed E-state index contributed by atoms with van der Waals surface area (Å²) < 4.78 is 0. The molecular formula is C20H16N4O. The van der Waals surface area contributed by atoms with Crippen LogP contribution in [0.25, 0.3) is 33.1 Å². The van der Waals surface area contributed by atoms with Crippen LogP contribution in [0.5, 0.6) is 0 Å². The van der Waals surface area contributed by atoms with E-state index in [4.69, 9.17) is 0 Å². The Balaban J connectivity index is 1.58. The molecule has 5 rings (SSSR count). The van der Waals surface area contributed by atoms with E-state index < -0.39 is 0 Å². The number of H-pyrrole nitrogens is 1. The lowest BCUT2D eigenvalue weighted by atomic mass is 10.0. The number of hydrogen-bond donors (Lipinski definition) is 2. The Labute approximate surface area is 144 Å². The number of amides is 1. The molecule has 0 aliphatic heterocycles. The molecule has 2 aromatic carbocycles. The van der Waals surface area contributed by atoms with E-state index in [-0.39, 0.29) is 11.8 Å². The van der Waals surface area contributed by atoms with Crippen LogP contribution in [0.2, 0.25) is 0 Å². The van der Waals surface area contributed by atoms with E-state index in [9.17, 15) is 4.79 Å². The summed E-state index contributed by atoms with van der Waals surface area (Å²) in [7, 11) is 0. The van der Waals surface area contributed by atoms with Crippen molar-refractivity contribution >= 4 is 33.5 Å². The summed E-state index contributed by atoms with van der Waals surface area (Å²) in [4.78, 5) is 16.6. The van der Waals surface area contributed by atoms with E-state index >= 15 is 0 Å². The first-order valence-corrected chi connectivity index (χ1v) is 8.43. The minimum Gasteiger partial charge on any atom is -0.310 e. The Morgan fingerprint density at radius 3 is 2.72 bits per heavy atom. The monoisotopic (exact) mass is 328 g/mol. The molecule has 4 aromatic rings. The van der Waals surface area contributed by atoms with Gasteiger partial charge in [-0.3, -0.25) is 9.89 Å². The van der Waals surface area contributed by atoms with Crippen molar-refractivity contribution in [2.24, 2.45) is 5.92 Å². The lowest BCUT2D eigenvalue weighted by Crippen LogP contribution is -2.14. The van der Waals surface area contributed by atoms with Crippen molar-refractivity contribution in [2.75, 3.05) is 5.32 Å². The Hall–Kier alpha value is -3.21. The summed E-state index contributed by atoms with van der Waals surface area (Å²) in [6, 6.07) is 18.2. The van der Waals surface area contributed by atoms with Crippen LogP contribution in [0.4, 0.5) is 5.82 Å². The highest BCUT2D eigenvalue weighted by molar-refractivity contribution is 5.97. The molecule has 122 valence electrons. The summed E-state index contributed by atoms with van der Waals surface area (Å²) in [5, 5.41) is 12.7. The van der Waals surface area contributed by atoms with Gasteiger partial charge in [0, 0.05) is 11.5 Å². The van der Waals surface area contributed by atoms with Crippen LogP contribution in [-0.4, -0.2) is 21.1 Å². The van der Waals surface area contributed by atoms with Crippen LogP contribution in [-0.2, 0) is 4.79 Å². The molecule has 1 aliphatic rings. The largest absolute Gasteiger partial charge is 0.310 e. The van der Waals surface area contributed by atoms with Gasteiger partial charge in [0.25, 0.3) is 0 Å². The molecule has 1 saturated carbocycles. The number of pyridine rings is 1. The van der Waals surface area contributed by atoms with Gasteiger partial charge in [0.1, 0.15) is 17.0 Å². The van der Waals surface area contributed by atoms with E-state index in [1.54, 1.807) is 0 Å². The SMILES string of the molecule is O=C(Nc1ccc2[nH]nc(-c3ccc4ccccc4c3)c2n1)C1CC1. The smallest absolute Gasteiger partial charge is 0.228 e. The van der Waals surface area contributed by atoms with E-state index in [0.717, 1.165) is 40.5 Å². The summed E-state index contributed by atoms with van der Waals surface area (Å²) in [5.74, 6) is 0.789. The van der Waals surface area contributed by atoms with Crippen molar-refractivity contribution in [1.82, 2.24) is 15.2 Å². The second kappa shape index (κ2) is 5.41. The molecule has 1 fully saturated rings. The van der Waals surface area contributed by atoms with Gasteiger partial charge in [0.05, 0.1) is 5.52 Å². The van der Waals surface area contributed by atoms with Crippen molar-refractivity contribution in [3.8, 4) is 11.3 Å². The molecule has 2 aromatic heterocycles. The van der Waals surface area contributed by atoms with Crippen molar-refractivity contribution in [3.63, 3.8) is 0 Å². The van der Waals surface area contributed by atoms with Gasteiger partial charge >= 0.3 is 0 Å². The van der Waals surface area contributed by atoms with Crippen molar-refractivity contribution in [1.29, 1.82) is 0 Å². The Morgan fingerprint density at radius 1 is 1.04 bits per heavy atom. The number of nitrogens with one attached hydrogen (secondary N) is 2. The predicted octanol–water partition coefficient (Wildman–Crippen LogP) is 4.13. The number of anilines is 1. The third-order valence-electron chi connectivity index (χ3n) is 4.63. The molecule has 0 unspecified atom stereocenters. The first-order chi connectivity index (χ1) is 12.3. The molecule has 0 bridgehead atoms. The number of benzene rings is 2. The number of carbonyl (C=O) groups is 1. The van der Waals surface area contributed by atoms with Gasteiger partial charge in [0.15, 0.2) is 0 Å². The number of fused-ring (bicyclic) bond motifs is 2. The minimum atomic E-state index is 0.0580. The average Bonchev–Trinajstić information content (AvgIpc) is 3.41. The van der Waals surface area contributed by atoms with Gasteiger partial charge in [0.2, 0.25) is 5.91 Å². The van der Waals surface area contributed by atoms with E-state index in [0.29, 0.717) is 5.82 Å². The topological polar surface area (TPSA) is 70.7 Å². The molecule has 1 amide bonds. The van der Waals surface area contributed by atoms with E-state index in [1.807, 2.05) is 24.3 Å². The number of aromatic amines is 1. The average molecular weight is 328 g/mol. The normalized spacial score (nSPS) is 14.1. The highest BCUT2D eigenvalue weighted by Crippen LogP contribution is 2.31. The van der Waals surface area contributed by atoms with Crippen LogP contribution >= 0.6 is 0 Å².